The van der Waals surface area contributed by atoms with Crippen LogP contribution in [0.1, 0.15) is 0 Å². The van der Waals surface area contributed by atoms with Gasteiger partial charge in [-0.3, -0.25) is 0 Å². The Morgan fingerprint density at radius 2 is 1.14 bits per heavy atom. The van der Waals surface area contributed by atoms with Crippen molar-refractivity contribution in [1.82, 2.24) is 4.57 Å². The fourth-order valence-corrected chi connectivity index (χ4v) is 4.77. The Bertz CT molecular complexity index is 1810. The molecule has 0 aliphatic carbocycles. The van der Waals surface area contributed by atoms with Crippen LogP contribution in [0, 0.1) is 13.1 Å². The van der Waals surface area contributed by atoms with Crippen molar-refractivity contribution in [2.45, 2.75) is 0 Å². The summed E-state index contributed by atoms with van der Waals surface area (Å²) in [5.41, 5.74) is 8.57. The quantitative estimate of drug-likeness (QED) is 0.241. The third-order valence-corrected chi connectivity index (χ3v) is 6.38. The first kappa shape index (κ1) is 20.5. The molecule has 6 rings (SSSR count). The molecule has 1 aromatic heterocycles. The topological polar surface area (TPSA) is 13.6 Å². The number of para-hydroxylation sites is 1. The summed E-state index contributed by atoms with van der Waals surface area (Å²) in [6, 6.07) is 38.8. The van der Waals surface area contributed by atoms with E-state index in [1.165, 1.54) is 0 Å². The minimum Gasteiger partial charge on any atom is -0.311 e. The number of nitrogens with zero attached hydrogens (tertiary/aromatic N) is 3. The van der Waals surface area contributed by atoms with Crippen molar-refractivity contribution in [2.24, 2.45) is 0 Å². The van der Waals surface area contributed by atoms with Gasteiger partial charge in [0.05, 0.1) is 24.2 Å². The van der Waals surface area contributed by atoms with Crippen molar-refractivity contribution in [3.63, 3.8) is 0 Å². The van der Waals surface area contributed by atoms with Crippen LogP contribution in [0.4, 0.5) is 11.4 Å². The number of hydrogen-bond acceptors (Lipinski definition) is 0. The molecule has 35 heavy (non-hydrogen) atoms. The average molecular weight is 446 g/mol. The molecule has 0 fully saturated rings. The van der Waals surface area contributed by atoms with Gasteiger partial charge in [-0.05, 0) is 70.1 Å². The van der Waals surface area contributed by atoms with Crippen LogP contribution >= 0.6 is 0 Å². The molecule has 3 nitrogen and oxygen atoms in total. The standard InChI is InChI=1S/C32H19N3/c1-33-26-15-16-32-30(21-26)29-13-6-7-14-31(29)35(32)28-19-25(18-27(20-28)34-2)24-12-8-11-23(17-24)22-9-4-3-5-10-22/h3-21H. The fourth-order valence-electron chi connectivity index (χ4n) is 4.77. The van der Waals surface area contributed by atoms with Crippen LogP contribution < -0.4 is 0 Å². The smallest absolute Gasteiger partial charge is 0.189 e. The van der Waals surface area contributed by atoms with Crippen LogP contribution in [0.25, 0.3) is 59.4 Å². The Hall–Kier alpha value is -5.12. The van der Waals surface area contributed by atoms with E-state index in [0.29, 0.717) is 11.4 Å². The zero-order valence-corrected chi connectivity index (χ0v) is 18.8. The van der Waals surface area contributed by atoms with Crippen LogP contribution in [0.15, 0.2) is 115 Å². The second kappa shape index (κ2) is 8.34. The van der Waals surface area contributed by atoms with Crippen LogP contribution in [0.3, 0.4) is 0 Å². The molecule has 162 valence electrons. The van der Waals surface area contributed by atoms with Crippen molar-refractivity contribution in [3.8, 4) is 27.9 Å². The summed E-state index contributed by atoms with van der Waals surface area (Å²) in [6.07, 6.45) is 0. The molecule has 0 bridgehead atoms. The molecule has 0 atom stereocenters. The van der Waals surface area contributed by atoms with Gasteiger partial charge in [-0.15, -0.1) is 0 Å². The van der Waals surface area contributed by atoms with E-state index in [0.717, 1.165) is 49.7 Å². The van der Waals surface area contributed by atoms with E-state index in [1.807, 2.05) is 60.7 Å². The average Bonchev–Trinajstić information content (AvgIpc) is 3.27. The third-order valence-electron chi connectivity index (χ3n) is 6.38. The summed E-state index contributed by atoms with van der Waals surface area (Å²) in [7, 11) is 0. The van der Waals surface area contributed by atoms with Crippen LogP contribution in [-0.2, 0) is 0 Å². The molecule has 0 aliphatic rings. The first-order valence-electron chi connectivity index (χ1n) is 11.3. The molecule has 1 heterocycles. The van der Waals surface area contributed by atoms with E-state index in [1.54, 1.807) is 0 Å². The van der Waals surface area contributed by atoms with Gasteiger partial charge in [-0.25, -0.2) is 9.69 Å². The van der Waals surface area contributed by atoms with Gasteiger partial charge in [-0.2, -0.15) is 0 Å². The number of fused-ring (bicyclic) bond motifs is 3. The van der Waals surface area contributed by atoms with E-state index in [2.05, 4.69) is 68.9 Å². The van der Waals surface area contributed by atoms with Crippen molar-refractivity contribution in [3.05, 3.63) is 138 Å². The van der Waals surface area contributed by atoms with Gasteiger partial charge in [0.2, 0.25) is 0 Å². The highest BCUT2D eigenvalue weighted by Gasteiger charge is 2.14. The van der Waals surface area contributed by atoms with Crippen LogP contribution in [-0.4, -0.2) is 4.57 Å². The first-order valence-corrected chi connectivity index (χ1v) is 11.3. The zero-order valence-electron chi connectivity index (χ0n) is 18.8. The molecule has 0 saturated heterocycles. The van der Waals surface area contributed by atoms with Gasteiger partial charge in [0.1, 0.15) is 0 Å². The molecule has 6 aromatic rings. The molecule has 0 amide bonds. The van der Waals surface area contributed by atoms with E-state index < -0.39 is 0 Å². The third kappa shape index (κ3) is 3.53. The fraction of sp³-hybridized carbons (Fsp3) is 0. The highest BCUT2D eigenvalue weighted by molar-refractivity contribution is 6.10. The Kier molecular flexibility index (Phi) is 4.88. The lowest BCUT2D eigenvalue weighted by Gasteiger charge is -2.12. The molecule has 0 aliphatic heterocycles. The number of hydrogen-bond donors (Lipinski definition) is 0. The van der Waals surface area contributed by atoms with E-state index in [-0.39, 0.29) is 0 Å². The summed E-state index contributed by atoms with van der Waals surface area (Å²) in [5, 5.41) is 2.13. The molecule has 0 N–H and O–H groups in total. The van der Waals surface area contributed by atoms with Crippen molar-refractivity contribution in [2.75, 3.05) is 0 Å². The lowest BCUT2D eigenvalue weighted by atomic mass is 9.98. The monoisotopic (exact) mass is 445 g/mol. The van der Waals surface area contributed by atoms with Gasteiger partial charge < -0.3 is 4.57 Å². The Labute approximate surface area is 203 Å². The number of aromatic nitrogens is 1. The predicted molar refractivity (Wildman–Crippen MR) is 144 cm³/mol. The van der Waals surface area contributed by atoms with Crippen molar-refractivity contribution >= 4 is 33.2 Å². The van der Waals surface area contributed by atoms with Crippen LogP contribution in [0.5, 0.6) is 0 Å². The van der Waals surface area contributed by atoms with E-state index in [9.17, 15) is 0 Å². The summed E-state index contributed by atoms with van der Waals surface area (Å²) < 4.78 is 2.19. The van der Waals surface area contributed by atoms with Gasteiger partial charge in [0.15, 0.2) is 11.4 Å². The van der Waals surface area contributed by atoms with Gasteiger partial charge in [0, 0.05) is 11.1 Å². The lowest BCUT2D eigenvalue weighted by molar-refractivity contribution is 1.18. The maximum atomic E-state index is 7.76. The summed E-state index contributed by atoms with van der Waals surface area (Å²) in [5.74, 6) is 0. The summed E-state index contributed by atoms with van der Waals surface area (Å²) in [6.45, 7) is 15.2. The largest absolute Gasteiger partial charge is 0.311 e. The molecule has 0 radical (unpaired) electrons. The van der Waals surface area contributed by atoms with Crippen molar-refractivity contribution in [1.29, 1.82) is 0 Å². The summed E-state index contributed by atoms with van der Waals surface area (Å²) in [4.78, 5) is 7.42. The Balaban J connectivity index is 1.59. The summed E-state index contributed by atoms with van der Waals surface area (Å²) >= 11 is 0. The first-order chi connectivity index (χ1) is 17.2. The maximum Gasteiger partial charge on any atom is 0.189 e. The minimum absolute atomic E-state index is 0.589. The van der Waals surface area contributed by atoms with E-state index in [4.69, 9.17) is 13.1 Å². The second-order valence-electron chi connectivity index (χ2n) is 8.46. The minimum atomic E-state index is 0.589. The number of benzene rings is 5. The van der Waals surface area contributed by atoms with Crippen LogP contribution in [0.2, 0.25) is 0 Å². The highest BCUT2D eigenvalue weighted by atomic mass is 15.0. The number of rotatable bonds is 3. The SMILES string of the molecule is [C-]#[N+]c1cc(-c2cccc(-c3ccccc3)c2)cc(-n2c3ccccc3c3cc([N+]#[C-])ccc32)c1. The molecule has 3 heteroatoms. The molecular weight excluding hydrogens is 426 g/mol. The van der Waals surface area contributed by atoms with Crippen molar-refractivity contribution < 1.29 is 0 Å². The predicted octanol–water partition coefficient (Wildman–Crippen LogP) is 9.22. The van der Waals surface area contributed by atoms with Gasteiger partial charge in [-0.1, -0.05) is 72.8 Å². The molecular formula is C32H19N3. The maximum absolute atomic E-state index is 7.76. The Morgan fingerprint density at radius 1 is 0.457 bits per heavy atom. The Morgan fingerprint density at radius 3 is 1.94 bits per heavy atom. The second-order valence-corrected chi connectivity index (χ2v) is 8.46. The lowest BCUT2D eigenvalue weighted by Crippen LogP contribution is -1.94. The molecule has 0 spiro atoms. The zero-order chi connectivity index (χ0) is 23.8. The molecule has 0 saturated carbocycles. The molecule has 0 unspecified atom stereocenters. The normalized spacial score (nSPS) is 10.8. The molecule has 5 aromatic carbocycles. The van der Waals surface area contributed by atoms with E-state index >= 15 is 0 Å². The highest BCUT2D eigenvalue weighted by Crippen LogP contribution is 2.37. The van der Waals surface area contributed by atoms with Gasteiger partial charge >= 0.3 is 0 Å². The van der Waals surface area contributed by atoms with Gasteiger partial charge in [0.25, 0.3) is 0 Å².